The molecule has 1 aromatic carbocycles. The van der Waals surface area contributed by atoms with Gasteiger partial charge in [-0.25, -0.2) is 0 Å². The molecule has 0 spiro atoms. The number of hydrogen-bond donors (Lipinski definition) is 1. The Hall–Kier alpha value is -0.940. The molecule has 1 aromatic rings. The molecule has 1 unspecified atom stereocenters. The zero-order chi connectivity index (χ0) is 15.0. The number of rotatable bonds is 2. The van der Waals surface area contributed by atoms with Crippen LogP contribution in [0.15, 0.2) is 18.2 Å². The van der Waals surface area contributed by atoms with E-state index in [1.165, 1.54) is 12.1 Å². The molecular formula is C14H17ClF3NO. The van der Waals surface area contributed by atoms with Crippen molar-refractivity contribution in [3.63, 3.8) is 0 Å². The molecule has 1 atom stereocenters. The molecule has 1 saturated heterocycles. The van der Waals surface area contributed by atoms with Gasteiger partial charge in [-0.1, -0.05) is 11.6 Å². The summed E-state index contributed by atoms with van der Waals surface area (Å²) in [7, 11) is 0. The highest BCUT2D eigenvalue weighted by Gasteiger charge is 2.35. The topological polar surface area (TPSA) is 21.3 Å². The Balaban J connectivity index is 2.21. The molecule has 0 aliphatic carbocycles. The number of hydrogen-bond acceptors (Lipinski definition) is 2. The van der Waals surface area contributed by atoms with Gasteiger partial charge in [-0.05, 0) is 44.9 Å². The van der Waals surface area contributed by atoms with Gasteiger partial charge < -0.3 is 10.1 Å². The van der Waals surface area contributed by atoms with Gasteiger partial charge in [-0.15, -0.1) is 0 Å². The summed E-state index contributed by atoms with van der Waals surface area (Å²) in [6.45, 7) is 4.42. The van der Waals surface area contributed by atoms with Gasteiger partial charge in [0.25, 0.3) is 0 Å². The van der Waals surface area contributed by atoms with Crippen molar-refractivity contribution in [3.05, 3.63) is 28.8 Å². The van der Waals surface area contributed by atoms with Crippen molar-refractivity contribution in [1.82, 2.24) is 0 Å². The summed E-state index contributed by atoms with van der Waals surface area (Å²) in [6.07, 6.45) is -3.08. The minimum Gasteiger partial charge on any atom is -0.382 e. The van der Waals surface area contributed by atoms with E-state index in [1.807, 2.05) is 13.8 Å². The molecule has 2 nitrogen and oxygen atoms in total. The van der Waals surface area contributed by atoms with Crippen LogP contribution in [-0.2, 0) is 10.9 Å². The maximum absolute atomic E-state index is 13.0. The monoisotopic (exact) mass is 307 g/mol. The number of anilines is 1. The molecule has 2 rings (SSSR count). The fourth-order valence-corrected chi connectivity index (χ4v) is 2.62. The van der Waals surface area contributed by atoms with Gasteiger partial charge >= 0.3 is 6.18 Å². The minimum atomic E-state index is -4.42. The molecule has 0 bridgehead atoms. The molecule has 0 amide bonds. The Morgan fingerprint density at radius 3 is 2.65 bits per heavy atom. The van der Waals surface area contributed by atoms with Crippen LogP contribution in [0.5, 0.6) is 0 Å². The number of benzene rings is 1. The normalized spacial score (nSPS) is 22.6. The molecule has 1 heterocycles. The van der Waals surface area contributed by atoms with Crippen LogP contribution in [0, 0.1) is 0 Å². The lowest BCUT2D eigenvalue weighted by molar-refractivity contribution is -0.137. The van der Waals surface area contributed by atoms with E-state index in [2.05, 4.69) is 5.32 Å². The summed E-state index contributed by atoms with van der Waals surface area (Å²) in [5, 5.41) is 3.06. The minimum absolute atomic E-state index is 0.0407. The van der Waals surface area contributed by atoms with Gasteiger partial charge in [-0.3, -0.25) is 0 Å². The molecule has 1 aliphatic rings. The highest BCUT2D eigenvalue weighted by Crippen LogP contribution is 2.37. The Morgan fingerprint density at radius 2 is 2.05 bits per heavy atom. The predicted molar refractivity (Wildman–Crippen MR) is 73.1 cm³/mol. The number of ether oxygens (including phenoxy) is 1. The van der Waals surface area contributed by atoms with Crippen molar-refractivity contribution in [2.24, 2.45) is 0 Å². The molecule has 20 heavy (non-hydrogen) atoms. The molecular weight excluding hydrogens is 291 g/mol. The summed E-state index contributed by atoms with van der Waals surface area (Å²) in [5.74, 6) is 0. The van der Waals surface area contributed by atoms with Crippen LogP contribution in [0.3, 0.4) is 0 Å². The van der Waals surface area contributed by atoms with Crippen LogP contribution in [0.1, 0.15) is 32.3 Å². The van der Waals surface area contributed by atoms with Gasteiger partial charge in [0.1, 0.15) is 0 Å². The molecule has 0 aromatic heterocycles. The first kappa shape index (κ1) is 15.4. The van der Waals surface area contributed by atoms with Gasteiger partial charge in [0.2, 0.25) is 0 Å². The Bertz CT molecular complexity index is 488. The molecule has 112 valence electrons. The third-order valence-corrected chi connectivity index (χ3v) is 3.58. The lowest BCUT2D eigenvalue weighted by Crippen LogP contribution is -2.40. The SMILES string of the molecule is CC1(C)CC(Nc2ccc(Cl)cc2C(F)(F)F)CCO1. The molecule has 0 radical (unpaired) electrons. The average Bonchev–Trinajstić information content (AvgIpc) is 2.29. The molecule has 1 aliphatic heterocycles. The fourth-order valence-electron chi connectivity index (χ4n) is 2.45. The van der Waals surface area contributed by atoms with Gasteiger partial charge in [-0.2, -0.15) is 13.2 Å². The fraction of sp³-hybridized carbons (Fsp3) is 0.571. The first-order valence-corrected chi connectivity index (χ1v) is 6.82. The highest BCUT2D eigenvalue weighted by molar-refractivity contribution is 6.30. The zero-order valence-electron chi connectivity index (χ0n) is 11.4. The van der Waals surface area contributed by atoms with Crippen molar-refractivity contribution in [2.75, 3.05) is 11.9 Å². The summed E-state index contributed by atoms with van der Waals surface area (Å²) >= 11 is 5.66. The second kappa shape index (κ2) is 5.45. The number of halogens is 4. The smallest absolute Gasteiger partial charge is 0.382 e. The Morgan fingerprint density at radius 1 is 1.35 bits per heavy atom. The average molecular weight is 308 g/mol. The predicted octanol–water partition coefficient (Wildman–Crippen LogP) is 4.73. The van der Waals surface area contributed by atoms with Crippen molar-refractivity contribution in [2.45, 2.75) is 44.5 Å². The third-order valence-electron chi connectivity index (χ3n) is 3.34. The van der Waals surface area contributed by atoms with E-state index < -0.39 is 11.7 Å². The van der Waals surface area contributed by atoms with Gasteiger partial charge in [0, 0.05) is 23.4 Å². The summed E-state index contributed by atoms with van der Waals surface area (Å²) in [6, 6.07) is 3.76. The third kappa shape index (κ3) is 3.79. The van der Waals surface area contributed by atoms with E-state index in [4.69, 9.17) is 16.3 Å². The maximum atomic E-state index is 13.0. The van der Waals surface area contributed by atoms with E-state index in [-0.39, 0.29) is 22.4 Å². The molecule has 1 fully saturated rings. The molecule has 0 saturated carbocycles. The van der Waals surface area contributed by atoms with Crippen LogP contribution >= 0.6 is 11.6 Å². The second-order valence-corrected chi connectivity index (χ2v) is 6.07. The van der Waals surface area contributed by atoms with Crippen LogP contribution in [0.2, 0.25) is 5.02 Å². The van der Waals surface area contributed by atoms with Crippen molar-refractivity contribution < 1.29 is 17.9 Å². The first-order chi connectivity index (χ1) is 9.17. The zero-order valence-corrected chi connectivity index (χ0v) is 12.1. The summed E-state index contributed by atoms with van der Waals surface area (Å²) < 4.78 is 44.6. The van der Waals surface area contributed by atoms with E-state index in [0.717, 1.165) is 6.07 Å². The van der Waals surface area contributed by atoms with E-state index in [9.17, 15) is 13.2 Å². The standard InChI is InChI=1S/C14H17ClF3NO/c1-13(2)8-10(5-6-20-13)19-12-4-3-9(15)7-11(12)14(16,17)18/h3-4,7,10,19H,5-6,8H2,1-2H3. The first-order valence-electron chi connectivity index (χ1n) is 6.45. The van der Waals surface area contributed by atoms with Crippen LogP contribution < -0.4 is 5.32 Å². The van der Waals surface area contributed by atoms with E-state index >= 15 is 0 Å². The Labute approximate surface area is 121 Å². The number of alkyl halides is 3. The second-order valence-electron chi connectivity index (χ2n) is 5.63. The largest absolute Gasteiger partial charge is 0.418 e. The number of nitrogens with one attached hydrogen (secondary N) is 1. The van der Waals surface area contributed by atoms with Crippen molar-refractivity contribution in [1.29, 1.82) is 0 Å². The van der Waals surface area contributed by atoms with Gasteiger partial charge in [0.15, 0.2) is 0 Å². The van der Waals surface area contributed by atoms with E-state index in [1.54, 1.807) is 0 Å². The molecule has 1 N–H and O–H groups in total. The summed E-state index contributed by atoms with van der Waals surface area (Å²) in [4.78, 5) is 0. The summed E-state index contributed by atoms with van der Waals surface area (Å²) in [5.41, 5.74) is -0.973. The van der Waals surface area contributed by atoms with Crippen LogP contribution in [0.25, 0.3) is 0 Å². The van der Waals surface area contributed by atoms with Crippen LogP contribution in [-0.4, -0.2) is 18.2 Å². The maximum Gasteiger partial charge on any atom is 0.418 e. The van der Waals surface area contributed by atoms with Crippen molar-refractivity contribution in [3.8, 4) is 0 Å². The quantitative estimate of drug-likeness (QED) is 0.853. The van der Waals surface area contributed by atoms with Crippen molar-refractivity contribution >= 4 is 17.3 Å². The Kier molecular flexibility index (Phi) is 4.21. The van der Waals surface area contributed by atoms with Gasteiger partial charge in [0.05, 0.1) is 11.2 Å². The van der Waals surface area contributed by atoms with E-state index in [0.29, 0.717) is 19.4 Å². The molecule has 6 heteroatoms. The highest BCUT2D eigenvalue weighted by atomic mass is 35.5. The lowest BCUT2D eigenvalue weighted by Gasteiger charge is -2.36. The van der Waals surface area contributed by atoms with Crippen LogP contribution in [0.4, 0.5) is 18.9 Å². The lowest BCUT2D eigenvalue weighted by atomic mass is 9.93.